The molecule has 1 saturated heterocycles. The molecule has 7 nitrogen and oxygen atoms in total. The number of carbonyl (C=O) groups excluding carboxylic acids is 1. The van der Waals surface area contributed by atoms with Gasteiger partial charge in [-0.25, -0.2) is 0 Å². The fourth-order valence-electron chi connectivity index (χ4n) is 3.95. The average molecular weight is 437 g/mol. The van der Waals surface area contributed by atoms with Crippen molar-refractivity contribution in [2.45, 2.75) is 24.9 Å². The van der Waals surface area contributed by atoms with Crippen LogP contribution >= 0.6 is 12.2 Å². The molecule has 31 heavy (non-hydrogen) atoms. The number of benzene rings is 1. The zero-order valence-corrected chi connectivity index (χ0v) is 18.0. The maximum Gasteiger partial charge on any atom is 0.305 e. The predicted molar refractivity (Wildman–Crippen MR) is 121 cm³/mol. The first kappa shape index (κ1) is 20.9. The second-order valence-electron chi connectivity index (χ2n) is 7.32. The molecule has 0 amide bonds. The number of thiocarbonyl (C=S) groups is 1. The highest BCUT2D eigenvalue weighted by Gasteiger charge is 2.41. The van der Waals surface area contributed by atoms with Crippen LogP contribution in [0.2, 0.25) is 0 Å². The number of pyridine rings is 1. The molecule has 1 fully saturated rings. The largest absolute Gasteiger partial charge is 0.508 e. The summed E-state index contributed by atoms with van der Waals surface area (Å²) in [5.74, 6) is -0.0136. The summed E-state index contributed by atoms with van der Waals surface area (Å²) >= 11 is 5.68. The van der Waals surface area contributed by atoms with E-state index in [-0.39, 0.29) is 23.8 Å². The fraction of sp³-hybridized carbons (Fsp3) is 0.261. The number of phenols is 1. The van der Waals surface area contributed by atoms with Crippen molar-refractivity contribution in [3.63, 3.8) is 0 Å². The summed E-state index contributed by atoms with van der Waals surface area (Å²) in [6.45, 7) is 0.607. The molecular formula is C23H24N4O3S. The molecule has 3 heterocycles. The van der Waals surface area contributed by atoms with Crippen LogP contribution < -0.4 is 5.32 Å². The highest BCUT2D eigenvalue weighted by atomic mass is 32.1. The quantitative estimate of drug-likeness (QED) is 0.433. The molecule has 0 unspecified atom stereocenters. The van der Waals surface area contributed by atoms with Gasteiger partial charge < -0.3 is 24.6 Å². The molecule has 1 aliphatic heterocycles. The number of phenolic OH excluding ortho intramolecular Hbond substituents is 1. The van der Waals surface area contributed by atoms with Gasteiger partial charge in [-0.1, -0.05) is 6.07 Å². The van der Waals surface area contributed by atoms with E-state index in [2.05, 4.69) is 25.8 Å². The minimum absolute atomic E-state index is 0.121. The molecule has 2 aromatic heterocycles. The number of aromatic hydroxyl groups is 1. The average Bonchev–Trinajstić information content (AvgIpc) is 3.39. The molecule has 160 valence electrons. The Morgan fingerprint density at radius 3 is 2.71 bits per heavy atom. The molecule has 0 bridgehead atoms. The molecule has 0 saturated carbocycles. The summed E-state index contributed by atoms with van der Waals surface area (Å²) < 4.78 is 6.86. The van der Waals surface area contributed by atoms with Crippen LogP contribution in [-0.4, -0.2) is 44.3 Å². The van der Waals surface area contributed by atoms with E-state index in [4.69, 9.17) is 17.0 Å². The first-order valence-corrected chi connectivity index (χ1v) is 10.5. The normalized spacial score (nSPS) is 18.1. The van der Waals surface area contributed by atoms with Crippen molar-refractivity contribution in [3.8, 4) is 11.4 Å². The summed E-state index contributed by atoms with van der Waals surface area (Å²) in [6, 6.07) is 16.7. The van der Waals surface area contributed by atoms with Crippen LogP contribution in [0.4, 0.5) is 0 Å². The van der Waals surface area contributed by atoms with Crippen LogP contribution in [0.1, 0.15) is 36.3 Å². The summed E-state index contributed by atoms with van der Waals surface area (Å²) in [4.78, 5) is 18.3. The van der Waals surface area contributed by atoms with Gasteiger partial charge in [0, 0.05) is 36.7 Å². The second kappa shape index (κ2) is 9.18. The zero-order chi connectivity index (χ0) is 21.8. The molecule has 1 aliphatic rings. The van der Waals surface area contributed by atoms with Crippen LogP contribution in [0.5, 0.6) is 5.75 Å². The Hall–Kier alpha value is -3.39. The molecule has 2 atom stereocenters. The Balaban J connectivity index is 1.70. The van der Waals surface area contributed by atoms with E-state index in [1.165, 1.54) is 7.11 Å². The van der Waals surface area contributed by atoms with Crippen LogP contribution in [0.15, 0.2) is 67.0 Å². The molecule has 1 aromatic carbocycles. The number of rotatable bonds is 7. The first-order chi connectivity index (χ1) is 15.1. The van der Waals surface area contributed by atoms with Gasteiger partial charge in [-0.2, -0.15) is 0 Å². The summed E-state index contributed by atoms with van der Waals surface area (Å²) in [7, 11) is 1.40. The minimum atomic E-state index is -0.233. The lowest BCUT2D eigenvalue weighted by atomic mass is 10.0. The molecule has 8 heteroatoms. The molecule has 0 aliphatic carbocycles. The van der Waals surface area contributed by atoms with Gasteiger partial charge in [0.2, 0.25) is 0 Å². The number of methoxy groups -OCH3 is 1. The fourth-order valence-corrected chi connectivity index (χ4v) is 4.28. The summed E-state index contributed by atoms with van der Waals surface area (Å²) in [5, 5.41) is 13.7. The maximum atomic E-state index is 11.6. The number of hydrogen-bond donors (Lipinski definition) is 2. The van der Waals surface area contributed by atoms with Crippen molar-refractivity contribution in [2.75, 3.05) is 13.7 Å². The number of nitrogens with one attached hydrogen (secondary N) is 1. The van der Waals surface area contributed by atoms with Crippen molar-refractivity contribution in [1.82, 2.24) is 19.8 Å². The van der Waals surface area contributed by atoms with E-state index >= 15 is 0 Å². The SMILES string of the molecule is COC(=O)CCCN1C(=S)N[C@@H](c2ccccn2)[C@@H]1c1cccn1-c1ccc(O)cc1. The molecular weight excluding hydrogens is 412 g/mol. The Labute approximate surface area is 186 Å². The van der Waals surface area contributed by atoms with E-state index in [1.54, 1.807) is 18.3 Å². The van der Waals surface area contributed by atoms with Gasteiger partial charge in [0.15, 0.2) is 5.11 Å². The zero-order valence-electron chi connectivity index (χ0n) is 17.1. The van der Waals surface area contributed by atoms with E-state index in [9.17, 15) is 9.90 Å². The molecule has 4 rings (SSSR count). The number of ether oxygens (including phenoxy) is 1. The number of esters is 1. The highest BCUT2D eigenvalue weighted by Crippen LogP contribution is 2.39. The minimum Gasteiger partial charge on any atom is -0.508 e. The number of nitrogens with zero attached hydrogens (tertiary/aromatic N) is 3. The van der Waals surface area contributed by atoms with Crippen molar-refractivity contribution >= 4 is 23.3 Å². The van der Waals surface area contributed by atoms with E-state index in [0.29, 0.717) is 24.5 Å². The van der Waals surface area contributed by atoms with Gasteiger partial charge in [-0.05, 0) is 67.2 Å². The highest BCUT2D eigenvalue weighted by molar-refractivity contribution is 7.80. The Bertz CT molecular complexity index is 1050. The standard InChI is InChI=1S/C23H24N4O3S/c1-30-20(29)8-5-15-27-22(21(25-23(27)31)18-6-2-3-13-24-18)19-7-4-14-26(19)16-9-11-17(28)12-10-16/h2-4,6-7,9-14,21-22,28H,5,8,15H2,1H3,(H,25,31)/t21-,22-/m0/s1. The Morgan fingerprint density at radius 2 is 2.00 bits per heavy atom. The van der Waals surface area contributed by atoms with Crippen molar-refractivity contribution in [2.24, 2.45) is 0 Å². The van der Waals surface area contributed by atoms with Crippen LogP contribution in [0, 0.1) is 0 Å². The lowest BCUT2D eigenvalue weighted by molar-refractivity contribution is -0.140. The van der Waals surface area contributed by atoms with E-state index < -0.39 is 0 Å². The van der Waals surface area contributed by atoms with E-state index in [0.717, 1.165) is 17.1 Å². The van der Waals surface area contributed by atoms with Gasteiger partial charge in [0.05, 0.1) is 24.9 Å². The third-order valence-electron chi connectivity index (χ3n) is 5.42. The lowest BCUT2D eigenvalue weighted by Crippen LogP contribution is -2.31. The number of hydrogen-bond acceptors (Lipinski definition) is 5. The molecule has 2 N–H and O–H groups in total. The maximum absolute atomic E-state index is 11.6. The molecule has 3 aromatic rings. The van der Waals surface area contributed by atoms with E-state index in [1.807, 2.05) is 42.6 Å². The van der Waals surface area contributed by atoms with Gasteiger partial charge in [-0.3, -0.25) is 9.78 Å². The van der Waals surface area contributed by atoms with Crippen molar-refractivity contribution in [1.29, 1.82) is 0 Å². The van der Waals surface area contributed by atoms with Crippen LogP contribution in [0.25, 0.3) is 5.69 Å². The van der Waals surface area contributed by atoms with Gasteiger partial charge in [-0.15, -0.1) is 0 Å². The predicted octanol–water partition coefficient (Wildman–Crippen LogP) is 3.50. The Morgan fingerprint density at radius 1 is 1.19 bits per heavy atom. The molecule has 0 radical (unpaired) electrons. The van der Waals surface area contributed by atoms with Crippen molar-refractivity contribution in [3.05, 3.63) is 78.4 Å². The molecule has 0 spiro atoms. The Kier molecular flexibility index (Phi) is 6.18. The number of carbonyl (C=O) groups is 1. The van der Waals surface area contributed by atoms with Crippen LogP contribution in [0.3, 0.4) is 0 Å². The first-order valence-electron chi connectivity index (χ1n) is 10.1. The monoisotopic (exact) mass is 436 g/mol. The number of aromatic nitrogens is 2. The smallest absolute Gasteiger partial charge is 0.305 e. The summed E-state index contributed by atoms with van der Waals surface area (Å²) in [5.41, 5.74) is 2.86. The second-order valence-corrected chi connectivity index (χ2v) is 7.71. The van der Waals surface area contributed by atoms with Gasteiger partial charge >= 0.3 is 5.97 Å². The third kappa shape index (κ3) is 4.39. The van der Waals surface area contributed by atoms with Gasteiger partial charge in [0.25, 0.3) is 0 Å². The topological polar surface area (TPSA) is 79.6 Å². The third-order valence-corrected chi connectivity index (χ3v) is 5.77. The van der Waals surface area contributed by atoms with Gasteiger partial charge in [0.1, 0.15) is 5.75 Å². The lowest BCUT2D eigenvalue weighted by Gasteiger charge is -2.29. The van der Waals surface area contributed by atoms with Crippen LogP contribution in [-0.2, 0) is 9.53 Å². The summed E-state index contributed by atoms with van der Waals surface area (Å²) in [6.07, 6.45) is 4.72. The van der Waals surface area contributed by atoms with Crippen molar-refractivity contribution < 1.29 is 14.6 Å².